The largest absolute Gasteiger partial charge is 0.353 e. The van der Waals surface area contributed by atoms with Gasteiger partial charge in [-0.2, -0.15) is 0 Å². The highest BCUT2D eigenvalue weighted by Crippen LogP contribution is 2.14. The minimum absolute atomic E-state index is 0.0635. The first kappa shape index (κ1) is 18.2. The molecule has 1 unspecified atom stereocenters. The maximum Gasteiger partial charge on any atom is 0.259 e. The van der Waals surface area contributed by atoms with Crippen LogP contribution in [0.4, 0.5) is 0 Å². The van der Waals surface area contributed by atoms with Crippen molar-refractivity contribution in [2.45, 2.75) is 31.0 Å². The lowest BCUT2D eigenvalue weighted by Crippen LogP contribution is -2.34. The fourth-order valence-electron chi connectivity index (χ4n) is 2.68. The Morgan fingerprint density at radius 2 is 1.88 bits per heavy atom. The van der Waals surface area contributed by atoms with Crippen molar-refractivity contribution in [1.82, 2.24) is 15.3 Å². The zero-order valence-electron chi connectivity index (χ0n) is 14.6. The average Bonchev–Trinajstić information content (AvgIpc) is 2.66. The van der Waals surface area contributed by atoms with Crippen LogP contribution in [0.15, 0.2) is 64.5 Å². The van der Waals surface area contributed by atoms with E-state index in [0.717, 1.165) is 12.8 Å². The fourth-order valence-corrected chi connectivity index (χ4v) is 3.36. The predicted octanol–water partition coefficient (Wildman–Crippen LogP) is 3.15. The first-order valence-corrected chi connectivity index (χ1v) is 9.55. The van der Waals surface area contributed by atoms with E-state index < -0.39 is 0 Å². The first-order chi connectivity index (χ1) is 12.6. The van der Waals surface area contributed by atoms with Gasteiger partial charge in [0.05, 0.1) is 16.7 Å². The SMILES string of the molecule is CC(CCc1ccccc1)NC(=O)CSc1nc2ccccc2c(=O)[nH]1. The second-order valence-electron chi connectivity index (χ2n) is 6.17. The lowest BCUT2D eigenvalue weighted by molar-refractivity contribution is -0.119. The topological polar surface area (TPSA) is 74.8 Å². The number of H-pyrrole nitrogens is 1. The monoisotopic (exact) mass is 367 g/mol. The van der Waals surface area contributed by atoms with Gasteiger partial charge in [0.1, 0.15) is 0 Å². The van der Waals surface area contributed by atoms with Crippen molar-refractivity contribution in [3.63, 3.8) is 0 Å². The maximum absolute atomic E-state index is 12.1. The molecule has 3 rings (SSSR count). The van der Waals surface area contributed by atoms with Gasteiger partial charge < -0.3 is 10.3 Å². The Morgan fingerprint density at radius 1 is 1.15 bits per heavy atom. The van der Waals surface area contributed by atoms with Gasteiger partial charge in [0.2, 0.25) is 5.91 Å². The Balaban J connectivity index is 1.50. The fraction of sp³-hybridized carbons (Fsp3) is 0.250. The summed E-state index contributed by atoms with van der Waals surface area (Å²) in [5.74, 6) is 0.156. The van der Waals surface area contributed by atoms with E-state index in [9.17, 15) is 9.59 Å². The summed E-state index contributed by atoms with van der Waals surface area (Å²) in [6.07, 6.45) is 1.81. The number of benzene rings is 2. The van der Waals surface area contributed by atoms with E-state index in [2.05, 4.69) is 27.4 Å². The van der Waals surface area contributed by atoms with E-state index in [4.69, 9.17) is 0 Å². The summed E-state index contributed by atoms with van der Waals surface area (Å²) < 4.78 is 0. The van der Waals surface area contributed by atoms with Crippen LogP contribution in [0.5, 0.6) is 0 Å². The van der Waals surface area contributed by atoms with Crippen LogP contribution in [0.25, 0.3) is 10.9 Å². The van der Waals surface area contributed by atoms with Gasteiger partial charge in [-0.1, -0.05) is 54.2 Å². The average molecular weight is 367 g/mol. The van der Waals surface area contributed by atoms with Crippen LogP contribution in [0.2, 0.25) is 0 Å². The molecule has 2 N–H and O–H groups in total. The third-order valence-corrected chi connectivity index (χ3v) is 4.92. The Hall–Kier alpha value is -2.60. The molecule has 0 saturated carbocycles. The molecule has 0 radical (unpaired) electrons. The van der Waals surface area contributed by atoms with Crippen molar-refractivity contribution in [3.8, 4) is 0 Å². The number of aromatic nitrogens is 2. The van der Waals surface area contributed by atoms with Gasteiger partial charge >= 0.3 is 0 Å². The molecular weight excluding hydrogens is 346 g/mol. The maximum atomic E-state index is 12.1. The zero-order chi connectivity index (χ0) is 18.4. The number of rotatable bonds is 7. The summed E-state index contributed by atoms with van der Waals surface area (Å²) in [5.41, 5.74) is 1.71. The molecule has 0 saturated heterocycles. The molecule has 1 heterocycles. The summed E-state index contributed by atoms with van der Waals surface area (Å²) in [5, 5.41) is 4.00. The van der Waals surface area contributed by atoms with Gasteiger partial charge in [-0.25, -0.2) is 4.98 Å². The molecular formula is C20H21N3O2S. The molecule has 0 spiro atoms. The molecule has 2 aromatic carbocycles. The van der Waals surface area contributed by atoms with Gasteiger partial charge in [0, 0.05) is 6.04 Å². The highest BCUT2D eigenvalue weighted by Gasteiger charge is 2.10. The molecule has 1 atom stereocenters. The molecule has 26 heavy (non-hydrogen) atoms. The number of nitrogens with zero attached hydrogens (tertiary/aromatic N) is 1. The Labute approximate surface area is 156 Å². The summed E-state index contributed by atoms with van der Waals surface area (Å²) in [6, 6.07) is 17.5. The highest BCUT2D eigenvalue weighted by molar-refractivity contribution is 7.99. The summed E-state index contributed by atoms with van der Waals surface area (Å²) in [7, 11) is 0. The number of carbonyl (C=O) groups excluding carboxylic acids is 1. The number of aryl methyl sites for hydroxylation is 1. The predicted molar refractivity (Wildman–Crippen MR) is 105 cm³/mol. The molecule has 1 amide bonds. The van der Waals surface area contributed by atoms with Crippen LogP contribution >= 0.6 is 11.8 Å². The molecule has 0 aliphatic heterocycles. The van der Waals surface area contributed by atoms with Crippen LogP contribution in [-0.2, 0) is 11.2 Å². The van der Waals surface area contributed by atoms with Gasteiger partial charge in [-0.05, 0) is 37.5 Å². The summed E-state index contributed by atoms with van der Waals surface area (Å²) >= 11 is 1.24. The standard InChI is InChI=1S/C20H21N3O2S/c1-14(11-12-15-7-3-2-4-8-15)21-18(24)13-26-20-22-17-10-6-5-9-16(17)19(25)23-20/h2-10,14H,11-13H2,1H3,(H,21,24)(H,22,23,25). The van der Waals surface area contributed by atoms with Crippen molar-refractivity contribution < 1.29 is 4.79 Å². The van der Waals surface area contributed by atoms with E-state index in [-0.39, 0.29) is 23.3 Å². The van der Waals surface area contributed by atoms with E-state index in [1.54, 1.807) is 18.2 Å². The number of amides is 1. The third kappa shape index (κ3) is 4.95. The summed E-state index contributed by atoms with van der Waals surface area (Å²) in [6.45, 7) is 2.00. The van der Waals surface area contributed by atoms with E-state index >= 15 is 0 Å². The molecule has 5 nitrogen and oxygen atoms in total. The molecule has 1 aromatic heterocycles. The molecule has 134 valence electrons. The van der Waals surface area contributed by atoms with Crippen molar-refractivity contribution in [2.24, 2.45) is 0 Å². The molecule has 3 aromatic rings. The van der Waals surface area contributed by atoms with Crippen LogP contribution in [-0.4, -0.2) is 27.7 Å². The third-order valence-electron chi connectivity index (χ3n) is 4.05. The minimum atomic E-state index is -0.185. The second kappa shape index (κ2) is 8.67. The Kier molecular flexibility index (Phi) is 6.07. The van der Waals surface area contributed by atoms with Crippen LogP contribution in [0.3, 0.4) is 0 Å². The number of nitrogens with one attached hydrogen (secondary N) is 2. The smallest absolute Gasteiger partial charge is 0.259 e. The van der Waals surface area contributed by atoms with Gasteiger partial charge in [0.15, 0.2) is 5.16 Å². The first-order valence-electron chi connectivity index (χ1n) is 8.57. The van der Waals surface area contributed by atoms with E-state index in [1.165, 1.54) is 17.3 Å². The number of hydrogen-bond donors (Lipinski definition) is 2. The lowest BCUT2D eigenvalue weighted by atomic mass is 10.1. The molecule has 6 heteroatoms. The van der Waals surface area contributed by atoms with Crippen molar-refractivity contribution in [2.75, 3.05) is 5.75 Å². The molecule has 0 bridgehead atoms. The van der Waals surface area contributed by atoms with E-state index in [1.807, 2.05) is 31.2 Å². The Bertz CT molecular complexity index is 940. The van der Waals surface area contributed by atoms with Crippen molar-refractivity contribution in [3.05, 3.63) is 70.5 Å². The number of thioether (sulfide) groups is 1. The van der Waals surface area contributed by atoms with Crippen molar-refractivity contribution >= 4 is 28.6 Å². The van der Waals surface area contributed by atoms with Gasteiger partial charge in [-0.15, -0.1) is 0 Å². The number of fused-ring (bicyclic) bond motifs is 1. The highest BCUT2D eigenvalue weighted by atomic mass is 32.2. The van der Waals surface area contributed by atoms with Gasteiger partial charge in [0.25, 0.3) is 5.56 Å². The molecule has 0 aliphatic rings. The molecule has 0 fully saturated rings. The number of aromatic amines is 1. The normalized spacial score (nSPS) is 12.0. The van der Waals surface area contributed by atoms with Crippen LogP contribution < -0.4 is 10.9 Å². The van der Waals surface area contributed by atoms with E-state index in [0.29, 0.717) is 16.1 Å². The Morgan fingerprint density at radius 3 is 2.69 bits per heavy atom. The number of hydrogen-bond acceptors (Lipinski definition) is 4. The zero-order valence-corrected chi connectivity index (χ0v) is 15.4. The van der Waals surface area contributed by atoms with Gasteiger partial charge in [-0.3, -0.25) is 9.59 Å². The number of carbonyl (C=O) groups is 1. The minimum Gasteiger partial charge on any atom is -0.353 e. The quantitative estimate of drug-likeness (QED) is 0.497. The van der Waals surface area contributed by atoms with Crippen LogP contribution in [0.1, 0.15) is 18.9 Å². The van der Waals surface area contributed by atoms with Crippen LogP contribution in [0, 0.1) is 0 Å². The number of para-hydroxylation sites is 1. The summed E-state index contributed by atoms with van der Waals surface area (Å²) in [4.78, 5) is 31.3. The lowest BCUT2D eigenvalue weighted by Gasteiger charge is -2.13. The second-order valence-corrected chi connectivity index (χ2v) is 7.13. The molecule has 0 aliphatic carbocycles. The van der Waals surface area contributed by atoms with Crippen molar-refractivity contribution in [1.29, 1.82) is 0 Å².